The summed E-state index contributed by atoms with van der Waals surface area (Å²) in [6, 6.07) is 6.91. The van der Waals surface area contributed by atoms with Gasteiger partial charge in [0.25, 0.3) is 0 Å². The normalized spacial score (nSPS) is 24.5. The molecule has 3 aromatic rings. The van der Waals surface area contributed by atoms with Crippen molar-refractivity contribution in [2.45, 2.75) is 43.7 Å². The van der Waals surface area contributed by atoms with E-state index in [1.807, 2.05) is 18.0 Å². The molecule has 0 bridgehead atoms. The number of fused-ring (bicyclic) bond motifs is 4. The molecule has 2 saturated heterocycles. The zero-order valence-electron chi connectivity index (χ0n) is 24.2. The fraction of sp³-hybridized carbons (Fsp3) is 0.455. The number of likely N-dealkylation sites (N-methyl/N-ethyl adjacent to an activating group) is 1. The Morgan fingerprint density at radius 3 is 2.86 bits per heavy atom. The minimum Gasteiger partial charge on any atom is -0.462 e. The third kappa shape index (κ3) is 4.80. The van der Waals surface area contributed by atoms with Crippen molar-refractivity contribution in [2.75, 3.05) is 51.3 Å². The second-order valence-corrected chi connectivity index (χ2v) is 12.2. The molecule has 1 saturated carbocycles. The van der Waals surface area contributed by atoms with E-state index in [1.165, 1.54) is 17.7 Å². The zero-order valence-corrected chi connectivity index (χ0v) is 24.2. The first kappa shape index (κ1) is 27.7. The maximum Gasteiger partial charge on any atom is 0.319 e. The van der Waals surface area contributed by atoms with E-state index in [9.17, 15) is 4.79 Å². The van der Waals surface area contributed by atoms with Crippen molar-refractivity contribution in [1.82, 2.24) is 19.8 Å². The summed E-state index contributed by atoms with van der Waals surface area (Å²) in [4.78, 5) is 31.0. The molecule has 0 spiro atoms. The number of carbonyl (C=O) groups excluding carboxylic acids is 1. The van der Waals surface area contributed by atoms with E-state index in [0.717, 1.165) is 37.8 Å². The summed E-state index contributed by atoms with van der Waals surface area (Å²) in [6.45, 7) is 13.4. The number of rotatable bonds is 7. The number of carbonyl (C=O) groups is 1. The van der Waals surface area contributed by atoms with Gasteiger partial charge in [-0.25, -0.2) is 15.4 Å². The lowest BCUT2D eigenvalue weighted by Gasteiger charge is -2.39. The average Bonchev–Trinajstić information content (AvgIpc) is 3.50. The highest BCUT2D eigenvalue weighted by molar-refractivity contribution is 5.94. The molecule has 2 aliphatic heterocycles. The van der Waals surface area contributed by atoms with E-state index in [-0.39, 0.29) is 47.5 Å². The number of benzene rings is 2. The van der Waals surface area contributed by atoms with Crippen LogP contribution in [0.1, 0.15) is 36.3 Å². The van der Waals surface area contributed by atoms with Gasteiger partial charge < -0.3 is 24.3 Å². The Morgan fingerprint density at radius 2 is 2.09 bits per heavy atom. The Labute approximate surface area is 249 Å². The first-order chi connectivity index (χ1) is 20.9. The van der Waals surface area contributed by atoms with Crippen LogP contribution >= 0.6 is 0 Å². The molecule has 4 aliphatic rings. The molecule has 0 unspecified atom stereocenters. The molecule has 222 valence electrons. The SMILES string of the molecule is [C-]#[N+]C[C@H]1CN(c2nc(OC[C@@H]3CCCN3C)nc3c(F)c(-c4cccc5c4C[C@H]4C[C@@H]54)c(F)cc23)CCN1C(=O)C=C. The lowest BCUT2D eigenvalue weighted by molar-refractivity contribution is -0.128. The highest BCUT2D eigenvalue weighted by atomic mass is 19.1. The summed E-state index contributed by atoms with van der Waals surface area (Å²) in [6.07, 6.45) is 5.29. The van der Waals surface area contributed by atoms with Gasteiger partial charge in [0, 0.05) is 31.1 Å². The number of nitrogens with zero attached hydrogens (tertiary/aromatic N) is 6. The predicted molar refractivity (Wildman–Crippen MR) is 160 cm³/mol. The molecule has 8 nitrogen and oxygen atoms in total. The second kappa shape index (κ2) is 10.9. The van der Waals surface area contributed by atoms with Crippen molar-refractivity contribution in [2.24, 2.45) is 5.92 Å². The minimum absolute atomic E-state index is 0.00302. The Kier molecular flexibility index (Phi) is 7.01. The number of likely N-dealkylation sites (tertiary alicyclic amines) is 1. The molecule has 0 N–H and O–H groups in total. The number of hydrogen-bond donors (Lipinski definition) is 0. The van der Waals surface area contributed by atoms with Crippen molar-refractivity contribution in [3.8, 4) is 17.1 Å². The lowest BCUT2D eigenvalue weighted by Crippen LogP contribution is -2.56. The molecule has 10 heteroatoms. The summed E-state index contributed by atoms with van der Waals surface area (Å²) in [5.41, 5.74) is 2.76. The van der Waals surface area contributed by atoms with Crippen LogP contribution in [0, 0.1) is 24.1 Å². The van der Waals surface area contributed by atoms with Gasteiger partial charge in [-0.3, -0.25) is 4.79 Å². The molecule has 7 rings (SSSR count). The van der Waals surface area contributed by atoms with Gasteiger partial charge in [-0.15, -0.1) is 0 Å². The van der Waals surface area contributed by atoms with Crippen LogP contribution in [0.5, 0.6) is 6.01 Å². The van der Waals surface area contributed by atoms with Gasteiger partial charge in [-0.05, 0) is 79.9 Å². The quantitative estimate of drug-likeness (QED) is 0.293. The van der Waals surface area contributed by atoms with E-state index in [4.69, 9.17) is 16.3 Å². The van der Waals surface area contributed by atoms with E-state index < -0.39 is 17.7 Å². The number of anilines is 1. The molecular weight excluding hydrogens is 550 g/mol. The van der Waals surface area contributed by atoms with E-state index in [1.54, 1.807) is 11.0 Å². The second-order valence-electron chi connectivity index (χ2n) is 12.2. The summed E-state index contributed by atoms with van der Waals surface area (Å²) >= 11 is 0. The maximum absolute atomic E-state index is 16.6. The van der Waals surface area contributed by atoms with Gasteiger partial charge in [-0.1, -0.05) is 24.8 Å². The fourth-order valence-electron chi connectivity index (χ4n) is 7.32. The minimum atomic E-state index is -0.728. The molecule has 3 heterocycles. The van der Waals surface area contributed by atoms with Crippen LogP contribution in [0.2, 0.25) is 0 Å². The maximum atomic E-state index is 16.6. The van der Waals surface area contributed by atoms with Crippen molar-refractivity contribution >= 4 is 22.6 Å². The van der Waals surface area contributed by atoms with Crippen LogP contribution in [-0.2, 0) is 11.2 Å². The lowest BCUT2D eigenvalue weighted by atomic mass is 9.93. The van der Waals surface area contributed by atoms with Crippen LogP contribution in [0.3, 0.4) is 0 Å². The summed E-state index contributed by atoms with van der Waals surface area (Å²) in [7, 11) is 2.05. The van der Waals surface area contributed by atoms with Crippen LogP contribution in [0.4, 0.5) is 14.6 Å². The van der Waals surface area contributed by atoms with E-state index >= 15 is 8.78 Å². The largest absolute Gasteiger partial charge is 0.462 e. The van der Waals surface area contributed by atoms with Crippen molar-refractivity contribution in [1.29, 1.82) is 0 Å². The molecule has 1 amide bonds. The predicted octanol–water partition coefficient (Wildman–Crippen LogP) is 4.83. The van der Waals surface area contributed by atoms with Crippen molar-refractivity contribution in [3.05, 3.63) is 71.1 Å². The summed E-state index contributed by atoms with van der Waals surface area (Å²) in [5, 5.41) is 0.240. The molecule has 43 heavy (non-hydrogen) atoms. The Morgan fingerprint density at radius 1 is 1.23 bits per heavy atom. The van der Waals surface area contributed by atoms with Crippen molar-refractivity contribution < 1.29 is 18.3 Å². The van der Waals surface area contributed by atoms with E-state index in [0.29, 0.717) is 42.9 Å². The highest BCUT2D eigenvalue weighted by Gasteiger charge is 2.46. The Bertz CT molecular complexity index is 1670. The van der Waals surface area contributed by atoms with Gasteiger partial charge in [-0.2, -0.15) is 9.97 Å². The molecule has 3 fully saturated rings. The van der Waals surface area contributed by atoms with Crippen LogP contribution < -0.4 is 9.64 Å². The first-order valence-electron chi connectivity index (χ1n) is 15.0. The Balaban J connectivity index is 1.32. The molecular formula is C33H34F2N6O2. The third-order valence-corrected chi connectivity index (χ3v) is 9.73. The monoisotopic (exact) mass is 584 g/mol. The van der Waals surface area contributed by atoms with Gasteiger partial charge in [0.2, 0.25) is 12.5 Å². The molecule has 1 aromatic heterocycles. The zero-order chi connectivity index (χ0) is 29.8. The molecule has 0 radical (unpaired) electrons. The van der Waals surface area contributed by atoms with Crippen LogP contribution in [0.25, 0.3) is 26.9 Å². The van der Waals surface area contributed by atoms with E-state index in [2.05, 4.69) is 27.4 Å². The highest BCUT2D eigenvalue weighted by Crippen LogP contribution is 2.58. The van der Waals surface area contributed by atoms with Crippen LogP contribution in [-0.4, -0.2) is 84.1 Å². The number of hydrogen-bond acceptors (Lipinski definition) is 6. The van der Waals surface area contributed by atoms with Crippen LogP contribution in [0.15, 0.2) is 36.9 Å². The van der Waals surface area contributed by atoms with Crippen molar-refractivity contribution in [3.63, 3.8) is 0 Å². The Hall–Kier alpha value is -4.10. The molecule has 2 aliphatic carbocycles. The van der Waals surface area contributed by atoms with Gasteiger partial charge in [0.05, 0.1) is 5.56 Å². The topological polar surface area (TPSA) is 66.2 Å². The number of aromatic nitrogens is 2. The van der Waals surface area contributed by atoms with Gasteiger partial charge >= 0.3 is 6.01 Å². The summed E-state index contributed by atoms with van der Waals surface area (Å²) in [5.74, 6) is -0.235. The standard InChI is InChI=1S/C33H34F2N6O2/c1-4-28(42)41-12-11-40(17-21(41)16-36-2)32-26-15-27(34)29(23-9-5-8-22-24-13-19(24)14-25(22)23)30(35)31(26)37-33(38-32)43-18-20-7-6-10-39(20)3/h4-5,8-9,15,19-21,24H,1,6-7,10-14,16-18H2,3H3/t19-,20+,21+,24-/m1/s1. The number of piperazine rings is 1. The number of halogens is 2. The molecule has 4 atom stereocenters. The van der Waals surface area contributed by atoms with Gasteiger partial charge in [0.15, 0.2) is 5.82 Å². The number of ether oxygens (including phenoxy) is 1. The fourth-order valence-corrected chi connectivity index (χ4v) is 7.32. The summed E-state index contributed by atoms with van der Waals surface area (Å²) < 4.78 is 38.8. The molecule has 2 aromatic carbocycles. The van der Waals surface area contributed by atoms with Gasteiger partial charge in [0.1, 0.15) is 29.8 Å². The number of amides is 1. The first-order valence-corrected chi connectivity index (χ1v) is 15.0. The average molecular weight is 585 g/mol. The third-order valence-electron chi connectivity index (χ3n) is 9.73. The smallest absolute Gasteiger partial charge is 0.319 e.